The summed E-state index contributed by atoms with van der Waals surface area (Å²) in [4.78, 5) is 15.4. The van der Waals surface area contributed by atoms with Crippen LogP contribution in [0.5, 0.6) is 0 Å². The fourth-order valence-electron chi connectivity index (χ4n) is 1.29. The van der Waals surface area contributed by atoms with Gasteiger partial charge in [-0.3, -0.25) is 9.78 Å². The molecule has 1 aromatic rings. The van der Waals surface area contributed by atoms with Gasteiger partial charge in [-0.15, -0.1) is 0 Å². The average Bonchev–Trinajstić information content (AvgIpc) is 2.27. The van der Waals surface area contributed by atoms with Gasteiger partial charge in [0.1, 0.15) is 0 Å². The van der Waals surface area contributed by atoms with Crippen LogP contribution in [0.2, 0.25) is 0 Å². The van der Waals surface area contributed by atoms with Crippen LogP contribution >= 0.6 is 0 Å². The van der Waals surface area contributed by atoms with Crippen molar-refractivity contribution in [3.05, 3.63) is 30.1 Å². The minimum atomic E-state index is 0.00368. The van der Waals surface area contributed by atoms with E-state index in [9.17, 15) is 4.79 Å². The van der Waals surface area contributed by atoms with E-state index in [0.717, 1.165) is 12.0 Å². The molecule has 0 fully saturated rings. The number of nitrogens with zero attached hydrogens (tertiary/aromatic N) is 1. The van der Waals surface area contributed by atoms with Gasteiger partial charge in [-0.05, 0) is 31.5 Å². The van der Waals surface area contributed by atoms with Gasteiger partial charge in [-0.25, -0.2) is 0 Å². The summed E-state index contributed by atoms with van der Waals surface area (Å²) in [6.07, 6.45) is 4.69. The summed E-state index contributed by atoms with van der Waals surface area (Å²) in [5.74, 6) is 0.0387. The van der Waals surface area contributed by atoms with Crippen LogP contribution in [0.1, 0.15) is 31.4 Å². The van der Waals surface area contributed by atoms with Gasteiger partial charge in [0.15, 0.2) is 0 Å². The third-order valence-electron chi connectivity index (χ3n) is 2.17. The largest absolute Gasteiger partial charge is 0.350 e. The molecule has 0 saturated heterocycles. The van der Waals surface area contributed by atoms with Gasteiger partial charge in [0, 0.05) is 18.8 Å². The number of nitrogens with two attached hydrogens (primary N) is 1. The van der Waals surface area contributed by atoms with Crippen LogP contribution in [0.25, 0.3) is 0 Å². The van der Waals surface area contributed by atoms with E-state index in [1.54, 1.807) is 12.4 Å². The molecule has 4 nitrogen and oxygen atoms in total. The standard InChI is InChI=1S/C11H17N3O/c1-9(10-4-3-7-13-8-10)14-11(15)5-2-6-12/h3-4,7-9H,2,5-6,12H2,1H3,(H,14,15)/t9-/m0/s1. The Bertz CT molecular complexity index is 300. The first-order chi connectivity index (χ1) is 7.24. The number of amides is 1. The van der Waals surface area contributed by atoms with Crippen LogP contribution in [-0.4, -0.2) is 17.4 Å². The van der Waals surface area contributed by atoms with Crippen molar-refractivity contribution in [3.8, 4) is 0 Å². The summed E-state index contributed by atoms with van der Waals surface area (Å²) >= 11 is 0. The lowest BCUT2D eigenvalue weighted by molar-refractivity contribution is -0.121. The molecule has 1 aromatic heterocycles. The second-order valence-electron chi connectivity index (χ2n) is 3.47. The van der Waals surface area contributed by atoms with Gasteiger partial charge >= 0.3 is 0 Å². The van der Waals surface area contributed by atoms with E-state index in [0.29, 0.717) is 13.0 Å². The van der Waals surface area contributed by atoms with Gasteiger partial charge in [0.05, 0.1) is 6.04 Å². The Hall–Kier alpha value is -1.42. The molecule has 3 N–H and O–H groups in total. The van der Waals surface area contributed by atoms with Crippen molar-refractivity contribution in [2.45, 2.75) is 25.8 Å². The van der Waals surface area contributed by atoms with E-state index in [2.05, 4.69) is 10.3 Å². The Morgan fingerprint density at radius 3 is 3.07 bits per heavy atom. The lowest BCUT2D eigenvalue weighted by atomic mass is 10.1. The topological polar surface area (TPSA) is 68.0 Å². The van der Waals surface area contributed by atoms with Gasteiger partial charge in [-0.2, -0.15) is 0 Å². The molecule has 0 radical (unpaired) electrons. The highest BCUT2D eigenvalue weighted by atomic mass is 16.1. The van der Waals surface area contributed by atoms with E-state index >= 15 is 0 Å². The Balaban J connectivity index is 2.42. The van der Waals surface area contributed by atoms with Crippen molar-refractivity contribution in [2.75, 3.05) is 6.54 Å². The zero-order valence-electron chi connectivity index (χ0n) is 8.94. The van der Waals surface area contributed by atoms with E-state index in [1.165, 1.54) is 0 Å². The number of carbonyl (C=O) groups excluding carboxylic acids is 1. The molecule has 0 unspecified atom stereocenters. The SMILES string of the molecule is C[C@H](NC(=O)CCCN)c1cccnc1. The van der Waals surface area contributed by atoms with Crippen LogP contribution in [-0.2, 0) is 4.79 Å². The second kappa shape index (κ2) is 6.14. The third-order valence-corrected chi connectivity index (χ3v) is 2.17. The molecular formula is C11H17N3O. The Morgan fingerprint density at radius 2 is 2.47 bits per heavy atom. The quantitative estimate of drug-likeness (QED) is 0.756. The van der Waals surface area contributed by atoms with Gasteiger partial charge in [-0.1, -0.05) is 6.07 Å². The predicted octanol–water partition coefficient (Wildman–Crippen LogP) is 0.998. The normalized spacial score (nSPS) is 12.1. The third kappa shape index (κ3) is 4.08. The maximum absolute atomic E-state index is 11.4. The number of aromatic nitrogens is 1. The Kier molecular flexibility index (Phi) is 4.77. The first-order valence-corrected chi connectivity index (χ1v) is 5.13. The van der Waals surface area contributed by atoms with Gasteiger partial charge in [0.2, 0.25) is 5.91 Å². The molecule has 1 heterocycles. The van der Waals surface area contributed by atoms with Crippen molar-refractivity contribution in [2.24, 2.45) is 5.73 Å². The summed E-state index contributed by atoms with van der Waals surface area (Å²) in [6.45, 7) is 2.49. The fourth-order valence-corrected chi connectivity index (χ4v) is 1.29. The van der Waals surface area contributed by atoms with E-state index in [1.807, 2.05) is 19.1 Å². The lowest BCUT2D eigenvalue weighted by Crippen LogP contribution is -2.26. The van der Waals surface area contributed by atoms with Crippen LogP contribution in [0, 0.1) is 0 Å². The first-order valence-electron chi connectivity index (χ1n) is 5.13. The number of pyridine rings is 1. The highest BCUT2D eigenvalue weighted by molar-refractivity contribution is 5.76. The van der Waals surface area contributed by atoms with Crippen molar-refractivity contribution in [1.82, 2.24) is 10.3 Å². The minimum absolute atomic E-state index is 0.00368. The molecule has 0 spiro atoms. The molecule has 4 heteroatoms. The maximum atomic E-state index is 11.4. The molecule has 0 aliphatic heterocycles. The number of rotatable bonds is 5. The van der Waals surface area contributed by atoms with Crippen molar-refractivity contribution < 1.29 is 4.79 Å². The Morgan fingerprint density at radius 1 is 1.67 bits per heavy atom. The fraction of sp³-hybridized carbons (Fsp3) is 0.455. The number of carbonyl (C=O) groups is 1. The second-order valence-corrected chi connectivity index (χ2v) is 3.47. The predicted molar refractivity (Wildman–Crippen MR) is 59.1 cm³/mol. The van der Waals surface area contributed by atoms with Crippen molar-refractivity contribution in [1.29, 1.82) is 0 Å². The minimum Gasteiger partial charge on any atom is -0.350 e. The number of hydrogen-bond donors (Lipinski definition) is 2. The van der Waals surface area contributed by atoms with Crippen LogP contribution in [0.4, 0.5) is 0 Å². The molecule has 0 aromatic carbocycles. The summed E-state index contributed by atoms with van der Waals surface area (Å²) < 4.78 is 0. The number of nitrogens with one attached hydrogen (secondary N) is 1. The van der Waals surface area contributed by atoms with Crippen LogP contribution in [0.15, 0.2) is 24.5 Å². The highest BCUT2D eigenvalue weighted by Crippen LogP contribution is 2.09. The van der Waals surface area contributed by atoms with Crippen molar-refractivity contribution >= 4 is 5.91 Å². The van der Waals surface area contributed by atoms with E-state index in [4.69, 9.17) is 5.73 Å². The van der Waals surface area contributed by atoms with E-state index in [-0.39, 0.29) is 11.9 Å². The molecule has 82 valence electrons. The molecular weight excluding hydrogens is 190 g/mol. The molecule has 1 atom stereocenters. The van der Waals surface area contributed by atoms with Gasteiger partial charge < -0.3 is 11.1 Å². The molecule has 0 aliphatic rings. The molecule has 15 heavy (non-hydrogen) atoms. The first kappa shape index (κ1) is 11.7. The van der Waals surface area contributed by atoms with Crippen molar-refractivity contribution in [3.63, 3.8) is 0 Å². The number of hydrogen-bond acceptors (Lipinski definition) is 3. The summed E-state index contributed by atoms with van der Waals surface area (Å²) in [6, 6.07) is 3.81. The highest BCUT2D eigenvalue weighted by Gasteiger charge is 2.08. The molecule has 1 amide bonds. The molecule has 0 bridgehead atoms. The zero-order valence-corrected chi connectivity index (χ0v) is 8.94. The molecule has 1 rings (SSSR count). The molecule has 0 aliphatic carbocycles. The maximum Gasteiger partial charge on any atom is 0.220 e. The zero-order chi connectivity index (χ0) is 11.1. The average molecular weight is 207 g/mol. The van der Waals surface area contributed by atoms with Gasteiger partial charge in [0.25, 0.3) is 0 Å². The van der Waals surface area contributed by atoms with E-state index < -0.39 is 0 Å². The Labute approximate surface area is 89.9 Å². The smallest absolute Gasteiger partial charge is 0.220 e. The van der Waals surface area contributed by atoms with Crippen LogP contribution in [0.3, 0.4) is 0 Å². The summed E-state index contributed by atoms with van der Waals surface area (Å²) in [7, 11) is 0. The summed E-state index contributed by atoms with van der Waals surface area (Å²) in [5, 5.41) is 2.90. The molecule has 0 saturated carbocycles. The lowest BCUT2D eigenvalue weighted by Gasteiger charge is -2.13. The van der Waals surface area contributed by atoms with Crippen LogP contribution < -0.4 is 11.1 Å². The monoisotopic (exact) mass is 207 g/mol. The summed E-state index contributed by atoms with van der Waals surface area (Å²) in [5.41, 5.74) is 6.34.